The van der Waals surface area contributed by atoms with Crippen LogP contribution in [0, 0.1) is 5.92 Å². The first-order valence-corrected chi connectivity index (χ1v) is 7.72. The summed E-state index contributed by atoms with van der Waals surface area (Å²) in [5.74, 6) is -0.358. The van der Waals surface area contributed by atoms with Gasteiger partial charge in [0.05, 0.1) is 17.5 Å². The van der Waals surface area contributed by atoms with Crippen molar-refractivity contribution in [3.63, 3.8) is 0 Å². The Morgan fingerprint density at radius 3 is 2.48 bits per heavy atom. The van der Waals surface area contributed by atoms with Crippen molar-refractivity contribution >= 4 is 23.4 Å². The van der Waals surface area contributed by atoms with E-state index in [1.54, 1.807) is 12.1 Å². The first-order chi connectivity index (χ1) is 11.0. The van der Waals surface area contributed by atoms with Crippen molar-refractivity contribution in [2.45, 2.75) is 13.8 Å². The van der Waals surface area contributed by atoms with Crippen LogP contribution in [0.2, 0.25) is 5.02 Å². The second-order valence-electron chi connectivity index (χ2n) is 5.37. The predicted octanol–water partition coefficient (Wildman–Crippen LogP) is 2.23. The average Bonchev–Trinajstić information content (AvgIpc) is 3.01. The fourth-order valence-electron chi connectivity index (χ4n) is 1.96. The second kappa shape index (κ2) is 7.78. The summed E-state index contributed by atoms with van der Waals surface area (Å²) in [6, 6.07) is 7.13. The number of carbonyl (C=O) groups excluding carboxylic acids is 2. The largest absolute Gasteiger partial charge is 0.354 e. The number of aromatic nitrogens is 2. The van der Waals surface area contributed by atoms with E-state index in [2.05, 4.69) is 20.8 Å². The van der Waals surface area contributed by atoms with E-state index in [0.717, 1.165) is 5.56 Å². The van der Waals surface area contributed by atoms with Crippen LogP contribution >= 0.6 is 11.6 Å². The van der Waals surface area contributed by atoms with Gasteiger partial charge in [-0.15, -0.1) is 0 Å². The number of aromatic amines is 1. The minimum Gasteiger partial charge on any atom is -0.354 e. The van der Waals surface area contributed by atoms with Crippen LogP contribution in [0.15, 0.2) is 30.5 Å². The summed E-state index contributed by atoms with van der Waals surface area (Å²) in [5, 5.41) is 12.9. The summed E-state index contributed by atoms with van der Waals surface area (Å²) in [6.45, 7) is 4.37. The topological polar surface area (TPSA) is 86.9 Å². The first-order valence-electron chi connectivity index (χ1n) is 7.34. The first kappa shape index (κ1) is 17.0. The lowest BCUT2D eigenvalue weighted by Crippen LogP contribution is -2.36. The quantitative estimate of drug-likeness (QED) is 0.708. The van der Waals surface area contributed by atoms with Crippen LogP contribution in [0.1, 0.15) is 24.2 Å². The van der Waals surface area contributed by atoms with Gasteiger partial charge in [-0.3, -0.25) is 14.7 Å². The molecule has 0 aliphatic heterocycles. The van der Waals surface area contributed by atoms with Crippen molar-refractivity contribution in [3.8, 4) is 11.3 Å². The van der Waals surface area contributed by atoms with Gasteiger partial charge in [0.1, 0.15) is 0 Å². The maximum Gasteiger partial charge on any atom is 0.255 e. The molecule has 0 saturated heterocycles. The molecule has 0 spiro atoms. The Balaban J connectivity index is 1.95. The Bertz CT molecular complexity index is 680. The van der Waals surface area contributed by atoms with Crippen molar-refractivity contribution in [2.24, 2.45) is 5.92 Å². The van der Waals surface area contributed by atoms with Crippen molar-refractivity contribution in [1.82, 2.24) is 20.8 Å². The lowest BCUT2D eigenvalue weighted by atomic mass is 10.1. The van der Waals surface area contributed by atoms with Gasteiger partial charge in [0, 0.05) is 29.6 Å². The van der Waals surface area contributed by atoms with Crippen molar-refractivity contribution in [1.29, 1.82) is 0 Å². The molecule has 0 fully saturated rings. The maximum atomic E-state index is 12.2. The lowest BCUT2D eigenvalue weighted by Gasteiger charge is -2.09. The standard InChI is InChI=1S/C16H19ClN4O2/c1-10(2)15(22)18-7-8-19-16(23)13-9-20-21-14(13)11-3-5-12(17)6-4-11/h3-6,9-10H,7-8H2,1-2H3,(H,18,22)(H,19,23)(H,20,21). The van der Waals surface area contributed by atoms with Gasteiger partial charge >= 0.3 is 0 Å². The number of carbonyl (C=O) groups is 2. The number of hydrogen-bond donors (Lipinski definition) is 3. The maximum absolute atomic E-state index is 12.2. The molecule has 6 nitrogen and oxygen atoms in total. The minimum absolute atomic E-state index is 0.0376. The Morgan fingerprint density at radius 1 is 1.17 bits per heavy atom. The highest BCUT2D eigenvalue weighted by atomic mass is 35.5. The molecule has 0 saturated carbocycles. The summed E-state index contributed by atoms with van der Waals surface area (Å²) >= 11 is 5.87. The van der Waals surface area contributed by atoms with E-state index >= 15 is 0 Å². The summed E-state index contributed by atoms with van der Waals surface area (Å²) in [5.41, 5.74) is 1.90. The molecule has 1 aromatic heterocycles. The number of nitrogens with one attached hydrogen (secondary N) is 3. The molecule has 0 aliphatic carbocycles. The molecule has 1 aromatic carbocycles. The molecule has 2 rings (SSSR count). The molecular weight excluding hydrogens is 316 g/mol. The number of H-pyrrole nitrogens is 1. The normalized spacial score (nSPS) is 10.6. The number of rotatable bonds is 6. The minimum atomic E-state index is -0.248. The number of benzene rings is 1. The van der Waals surface area contributed by atoms with Gasteiger partial charge in [-0.25, -0.2) is 0 Å². The van der Waals surface area contributed by atoms with E-state index < -0.39 is 0 Å². The van der Waals surface area contributed by atoms with Crippen molar-refractivity contribution < 1.29 is 9.59 Å². The third-order valence-electron chi connectivity index (χ3n) is 3.25. The highest BCUT2D eigenvalue weighted by Crippen LogP contribution is 2.22. The van der Waals surface area contributed by atoms with E-state index in [9.17, 15) is 9.59 Å². The monoisotopic (exact) mass is 334 g/mol. The number of halogens is 1. The predicted molar refractivity (Wildman–Crippen MR) is 89.2 cm³/mol. The summed E-state index contributed by atoms with van der Waals surface area (Å²) < 4.78 is 0. The third kappa shape index (κ3) is 4.56. The Morgan fingerprint density at radius 2 is 1.83 bits per heavy atom. The van der Waals surface area contributed by atoms with Gasteiger partial charge in [-0.05, 0) is 12.1 Å². The number of hydrogen-bond acceptors (Lipinski definition) is 3. The smallest absolute Gasteiger partial charge is 0.255 e. The van der Waals surface area contributed by atoms with Crippen LogP contribution in [0.3, 0.4) is 0 Å². The molecule has 1 heterocycles. The molecule has 0 aliphatic rings. The molecule has 0 atom stereocenters. The molecule has 0 bridgehead atoms. The summed E-state index contributed by atoms with van der Waals surface area (Å²) in [6.07, 6.45) is 1.48. The SMILES string of the molecule is CC(C)C(=O)NCCNC(=O)c1cn[nH]c1-c1ccc(Cl)cc1. The molecule has 3 N–H and O–H groups in total. The zero-order valence-electron chi connectivity index (χ0n) is 13.0. The van der Waals surface area contributed by atoms with Crippen LogP contribution in [0.4, 0.5) is 0 Å². The zero-order valence-corrected chi connectivity index (χ0v) is 13.8. The van der Waals surface area contributed by atoms with E-state index in [1.807, 2.05) is 26.0 Å². The molecule has 0 unspecified atom stereocenters. The number of nitrogens with zero attached hydrogens (tertiary/aromatic N) is 1. The van der Waals surface area contributed by atoms with Crippen LogP contribution in [0.5, 0.6) is 0 Å². The van der Waals surface area contributed by atoms with Crippen molar-refractivity contribution in [2.75, 3.05) is 13.1 Å². The van der Waals surface area contributed by atoms with Crippen molar-refractivity contribution in [3.05, 3.63) is 41.0 Å². The van der Waals surface area contributed by atoms with E-state index in [4.69, 9.17) is 11.6 Å². The van der Waals surface area contributed by atoms with Crippen LogP contribution in [-0.2, 0) is 4.79 Å². The number of amides is 2. The molecule has 0 radical (unpaired) electrons. The molecule has 2 amide bonds. The van der Waals surface area contributed by atoms with Crippen LogP contribution in [0.25, 0.3) is 11.3 Å². The van der Waals surface area contributed by atoms with Gasteiger partial charge in [0.25, 0.3) is 5.91 Å². The van der Waals surface area contributed by atoms with Gasteiger partial charge in [-0.1, -0.05) is 37.6 Å². The lowest BCUT2D eigenvalue weighted by molar-refractivity contribution is -0.123. The zero-order chi connectivity index (χ0) is 16.8. The van der Waals surface area contributed by atoms with E-state index in [-0.39, 0.29) is 17.7 Å². The fraction of sp³-hybridized carbons (Fsp3) is 0.312. The molecular formula is C16H19ClN4O2. The Kier molecular flexibility index (Phi) is 5.76. The van der Waals surface area contributed by atoms with Gasteiger partial charge in [0.2, 0.25) is 5.91 Å². The third-order valence-corrected chi connectivity index (χ3v) is 3.50. The van der Waals surface area contributed by atoms with Gasteiger partial charge in [-0.2, -0.15) is 5.10 Å². The molecule has 23 heavy (non-hydrogen) atoms. The second-order valence-corrected chi connectivity index (χ2v) is 5.80. The highest BCUT2D eigenvalue weighted by Gasteiger charge is 2.15. The van der Waals surface area contributed by atoms with Gasteiger partial charge < -0.3 is 10.6 Å². The summed E-state index contributed by atoms with van der Waals surface area (Å²) in [7, 11) is 0. The Labute approximate surface area is 139 Å². The molecule has 7 heteroatoms. The van der Waals surface area contributed by atoms with Crippen LogP contribution < -0.4 is 10.6 Å². The molecule has 122 valence electrons. The highest BCUT2D eigenvalue weighted by molar-refractivity contribution is 6.30. The van der Waals surface area contributed by atoms with E-state index in [0.29, 0.717) is 29.4 Å². The summed E-state index contributed by atoms with van der Waals surface area (Å²) in [4.78, 5) is 23.7. The van der Waals surface area contributed by atoms with E-state index in [1.165, 1.54) is 6.20 Å². The Hall–Kier alpha value is -2.34. The average molecular weight is 335 g/mol. The van der Waals surface area contributed by atoms with Crippen LogP contribution in [-0.4, -0.2) is 35.1 Å². The fourth-order valence-corrected chi connectivity index (χ4v) is 2.08. The molecule has 2 aromatic rings. The van der Waals surface area contributed by atoms with Gasteiger partial charge in [0.15, 0.2) is 0 Å².